The molecule has 0 saturated heterocycles. The second-order valence-corrected chi connectivity index (χ2v) is 8.34. The van der Waals surface area contributed by atoms with Gasteiger partial charge in [-0.1, -0.05) is 23.5 Å². The van der Waals surface area contributed by atoms with E-state index in [2.05, 4.69) is 31.5 Å². The van der Waals surface area contributed by atoms with Crippen molar-refractivity contribution in [3.05, 3.63) is 58.1 Å². The summed E-state index contributed by atoms with van der Waals surface area (Å²) >= 11 is 9.87. The van der Waals surface area contributed by atoms with Gasteiger partial charge >= 0.3 is 5.97 Å². The van der Waals surface area contributed by atoms with Crippen LogP contribution in [0.1, 0.15) is 34.6 Å². The van der Waals surface area contributed by atoms with Crippen molar-refractivity contribution in [1.29, 1.82) is 0 Å². The van der Waals surface area contributed by atoms with E-state index in [1.807, 2.05) is 6.07 Å². The Morgan fingerprint density at radius 3 is 2.68 bits per heavy atom. The summed E-state index contributed by atoms with van der Waals surface area (Å²) in [6.45, 7) is 3.60. The Bertz CT molecular complexity index is 1070. The Kier molecular flexibility index (Phi) is 6.38. The van der Waals surface area contributed by atoms with Crippen molar-refractivity contribution >= 4 is 71.8 Å². The molecule has 144 valence electrons. The van der Waals surface area contributed by atoms with Crippen LogP contribution in [0.15, 0.2) is 46.9 Å². The number of thiocarbonyl (C=S) groups is 1. The first-order valence-electron chi connectivity index (χ1n) is 8.32. The summed E-state index contributed by atoms with van der Waals surface area (Å²) in [5.41, 5.74) is 1.65. The largest absolute Gasteiger partial charge is 0.459 e. The lowest BCUT2D eigenvalue weighted by molar-refractivity contribution is 0.0378. The number of esters is 1. The minimum atomic E-state index is -0.379. The lowest BCUT2D eigenvalue weighted by Gasteiger charge is -2.08. The van der Waals surface area contributed by atoms with Crippen LogP contribution in [0.25, 0.3) is 10.2 Å². The predicted octanol–water partition coefficient (Wildman–Crippen LogP) is 4.75. The second kappa shape index (κ2) is 8.76. The molecule has 0 unspecified atom stereocenters. The minimum Gasteiger partial charge on any atom is -0.459 e. The molecule has 0 saturated carbocycles. The Balaban J connectivity index is 1.70. The van der Waals surface area contributed by atoms with Gasteiger partial charge in [0.1, 0.15) is 0 Å². The van der Waals surface area contributed by atoms with Crippen LogP contribution in [-0.4, -0.2) is 28.1 Å². The molecule has 0 aliphatic heterocycles. The number of carbonyl (C=O) groups is 2. The number of carbonyl (C=O) groups excluding carboxylic acids is 2. The maximum absolute atomic E-state index is 12.3. The van der Waals surface area contributed by atoms with Gasteiger partial charge in [0.25, 0.3) is 5.91 Å². The van der Waals surface area contributed by atoms with E-state index < -0.39 is 0 Å². The molecule has 0 radical (unpaired) electrons. The van der Waals surface area contributed by atoms with Gasteiger partial charge in [-0.15, -0.1) is 0 Å². The van der Waals surface area contributed by atoms with Crippen LogP contribution in [-0.2, 0) is 4.74 Å². The zero-order valence-corrected chi connectivity index (χ0v) is 18.2. The zero-order valence-electron chi connectivity index (χ0n) is 15.0. The van der Waals surface area contributed by atoms with Gasteiger partial charge < -0.3 is 10.1 Å². The van der Waals surface area contributed by atoms with Gasteiger partial charge in [-0.05, 0) is 72.3 Å². The van der Waals surface area contributed by atoms with Gasteiger partial charge in [-0.25, -0.2) is 9.78 Å². The van der Waals surface area contributed by atoms with E-state index in [0.29, 0.717) is 26.2 Å². The summed E-state index contributed by atoms with van der Waals surface area (Å²) < 4.78 is 6.69. The van der Waals surface area contributed by atoms with Crippen molar-refractivity contribution < 1.29 is 14.3 Å². The molecule has 3 rings (SSSR count). The van der Waals surface area contributed by atoms with E-state index in [4.69, 9.17) is 17.0 Å². The topological polar surface area (TPSA) is 80.3 Å². The van der Waals surface area contributed by atoms with Gasteiger partial charge in [0.2, 0.25) is 0 Å². The Morgan fingerprint density at radius 1 is 1.21 bits per heavy atom. The number of thiazole rings is 1. The maximum atomic E-state index is 12.3. The van der Waals surface area contributed by atoms with Crippen LogP contribution in [0.3, 0.4) is 0 Å². The molecule has 1 amide bonds. The smallest absolute Gasteiger partial charge is 0.338 e. The molecule has 1 heterocycles. The Hall–Kier alpha value is -2.36. The molecule has 6 nitrogen and oxygen atoms in total. The number of anilines is 1. The van der Waals surface area contributed by atoms with Crippen LogP contribution < -0.4 is 10.6 Å². The lowest BCUT2D eigenvalue weighted by atomic mass is 10.2. The third-order valence-corrected chi connectivity index (χ3v) is 5.36. The molecule has 0 atom stereocenters. The van der Waals surface area contributed by atoms with Crippen molar-refractivity contribution in [3.8, 4) is 0 Å². The molecule has 1 aromatic heterocycles. The molecule has 3 aromatic rings. The molecule has 2 N–H and O–H groups in total. The number of nitrogens with one attached hydrogen (secondary N) is 2. The number of rotatable bonds is 4. The van der Waals surface area contributed by atoms with E-state index in [0.717, 1.165) is 4.70 Å². The second-order valence-electron chi connectivity index (χ2n) is 6.04. The van der Waals surface area contributed by atoms with Crippen molar-refractivity contribution in [2.24, 2.45) is 0 Å². The molecular weight excluding hydrogens is 462 g/mol. The summed E-state index contributed by atoms with van der Waals surface area (Å²) in [5, 5.41) is 6.19. The van der Waals surface area contributed by atoms with Crippen LogP contribution in [0.4, 0.5) is 5.13 Å². The third kappa shape index (κ3) is 4.92. The number of hydrogen-bond donors (Lipinski definition) is 2. The Morgan fingerprint density at radius 2 is 1.96 bits per heavy atom. The van der Waals surface area contributed by atoms with Gasteiger partial charge in [0.05, 0.1) is 27.4 Å². The average Bonchev–Trinajstić information content (AvgIpc) is 3.02. The highest BCUT2D eigenvalue weighted by molar-refractivity contribution is 9.10. The van der Waals surface area contributed by atoms with E-state index in [9.17, 15) is 9.59 Å². The zero-order chi connectivity index (χ0) is 20.3. The number of halogens is 1. The third-order valence-electron chi connectivity index (χ3n) is 3.53. The van der Waals surface area contributed by atoms with Crippen molar-refractivity contribution in [2.45, 2.75) is 20.0 Å². The fraction of sp³-hybridized carbons (Fsp3) is 0.158. The number of nitrogens with zero attached hydrogens (tertiary/aromatic N) is 1. The molecule has 0 aliphatic carbocycles. The monoisotopic (exact) mass is 477 g/mol. The molecule has 2 aromatic carbocycles. The van der Waals surface area contributed by atoms with Gasteiger partial charge in [-0.3, -0.25) is 10.1 Å². The van der Waals surface area contributed by atoms with Gasteiger partial charge in [0.15, 0.2) is 10.2 Å². The summed E-state index contributed by atoms with van der Waals surface area (Å²) in [5.74, 6) is -0.708. The molecule has 0 fully saturated rings. The number of ether oxygens (including phenoxy) is 1. The van der Waals surface area contributed by atoms with Crippen LogP contribution in [0, 0.1) is 0 Å². The molecule has 0 spiro atoms. The first kappa shape index (κ1) is 20.4. The highest BCUT2D eigenvalue weighted by atomic mass is 79.9. The number of amides is 1. The quantitative estimate of drug-likeness (QED) is 0.416. The first-order chi connectivity index (χ1) is 13.3. The SMILES string of the molecule is CC(C)OC(=O)c1ccc2nc(NC(=S)NC(=O)c3ccccc3Br)sc2c1. The van der Waals surface area contributed by atoms with Crippen molar-refractivity contribution in [1.82, 2.24) is 10.3 Å². The number of aromatic nitrogens is 1. The Labute approximate surface area is 179 Å². The van der Waals surface area contributed by atoms with Crippen LogP contribution in [0.5, 0.6) is 0 Å². The summed E-state index contributed by atoms with van der Waals surface area (Å²) in [7, 11) is 0. The molecule has 0 aliphatic rings. The summed E-state index contributed by atoms with van der Waals surface area (Å²) in [6, 6.07) is 12.2. The normalized spacial score (nSPS) is 10.7. The fourth-order valence-corrected chi connectivity index (χ4v) is 3.96. The van der Waals surface area contributed by atoms with E-state index in [1.165, 1.54) is 11.3 Å². The summed E-state index contributed by atoms with van der Waals surface area (Å²) in [6.07, 6.45) is -0.187. The van der Waals surface area contributed by atoms with Crippen molar-refractivity contribution in [2.75, 3.05) is 5.32 Å². The number of hydrogen-bond acceptors (Lipinski definition) is 6. The maximum Gasteiger partial charge on any atom is 0.338 e. The highest BCUT2D eigenvalue weighted by Gasteiger charge is 2.14. The van der Waals surface area contributed by atoms with Crippen molar-refractivity contribution in [3.63, 3.8) is 0 Å². The fourth-order valence-electron chi connectivity index (χ4n) is 2.33. The predicted molar refractivity (Wildman–Crippen MR) is 118 cm³/mol. The summed E-state index contributed by atoms with van der Waals surface area (Å²) in [4.78, 5) is 28.8. The lowest BCUT2D eigenvalue weighted by Crippen LogP contribution is -2.34. The van der Waals surface area contributed by atoms with Crippen LogP contribution in [0.2, 0.25) is 0 Å². The molecule has 28 heavy (non-hydrogen) atoms. The number of fused-ring (bicyclic) bond motifs is 1. The standard InChI is InChI=1S/C19H16BrN3O3S2/c1-10(2)26-17(25)11-7-8-14-15(9-11)28-19(21-14)23-18(27)22-16(24)12-5-3-4-6-13(12)20/h3-10H,1-2H3,(H2,21,22,23,24,27). The van der Waals surface area contributed by atoms with E-state index in [1.54, 1.807) is 50.2 Å². The molecule has 0 bridgehead atoms. The van der Waals surface area contributed by atoms with Gasteiger partial charge in [0, 0.05) is 4.47 Å². The average molecular weight is 478 g/mol. The van der Waals surface area contributed by atoms with E-state index >= 15 is 0 Å². The molecule has 9 heteroatoms. The van der Waals surface area contributed by atoms with E-state index in [-0.39, 0.29) is 23.1 Å². The molecular formula is C19H16BrN3O3S2. The first-order valence-corrected chi connectivity index (χ1v) is 10.3. The number of benzene rings is 2. The van der Waals surface area contributed by atoms with Gasteiger partial charge in [-0.2, -0.15) is 0 Å². The van der Waals surface area contributed by atoms with Crippen LogP contribution >= 0.6 is 39.5 Å². The minimum absolute atomic E-state index is 0.138. The highest BCUT2D eigenvalue weighted by Crippen LogP contribution is 2.27.